The Morgan fingerprint density at radius 1 is 1.14 bits per heavy atom. The highest BCUT2D eigenvalue weighted by Gasteiger charge is 2.28. The van der Waals surface area contributed by atoms with Crippen LogP contribution >= 0.6 is 8.60 Å². The molecule has 2 rings (SSSR count). The summed E-state index contributed by atoms with van der Waals surface area (Å²) in [5.74, 6) is -2.90. The minimum absolute atomic E-state index is 0.00293. The average molecular weight is 543 g/mol. The zero-order valence-corrected chi connectivity index (χ0v) is 22.0. The molecule has 1 aromatic heterocycles. The molecular weight excluding hydrogens is 509 g/mol. The van der Waals surface area contributed by atoms with Gasteiger partial charge in [0.1, 0.15) is 17.1 Å². The highest BCUT2D eigenvalue weighted by molar-refractivity contribution is 7.39. The molecule has 0 saturated carbocycles. The first kappa shape index (κ1) is 30.5. The van der Waals surface area contributed by atoms with Gasteiger partial charge < -0.3 is 23.6 Å². The Bertz CT molecular complexity index is 1110. The molecule has 0 unspecified atom stereocenters. The number of nitriles is 1. The standard InChI is InChI=1S/C24H33F2N4O6P/c1-3-5-7-10-19(31)30(16-35-20(32)11-8-9-13-36-37(33)34)24-28-22-18(25)14-17(15-27)21(26)23(22)29(24)12-6-4-2/h14,33-34H,3-13,16H2,1-2H3. The molecule has 1 heterocycles. The van der Waals surface area contributed by atoms with E-state index in [1.54, 1.807) is 6.07 Å². The van der Waals surface area contributed by atoms with Crippen LogP contribution in [-0.4, -0.2) is 44.6 Å². The molecule has 0 fully saturated rings. The van der Waals surface area contributed by atoms with Crippen molar-refractivity contribution in [3.8, 4) is 6.07 Å². The summed E-state index contributed by atoms with van der Waals surface area (Å²) in [5, 5.41) is 9.23. The van der Waals surface area contributed by atoms with Crippen molar-refractivity contribution in [3.63, 3.8) is 0 Å². The number of aryl methyl sites for hydroxylation is 1. The molecule has 0 aliphatic rings. The Kier molecular flexibility index (Phi) is 12.8. The van der Waals surface area contributed by atoms with E-state index in [4.69, 9.17) is 14.5 Å². The molecule has 10 nitrogen and oxygen atoms in total. The highest BCUT2D eigenvalue weighted by Crippen LogP contribution is 2.30. The molecule has 0 aliphatic carbocycles. The monoisotopic (exact) mass is 542 g/mol. The summed E-state index contributed by atoms with van der Waals surface area (Å²) in [4.78, 5) is 48.3. The topological polar surface area (TPSA) is 138 Å². The average Bonchev–Trinajstić information content (AvgIpc) is 3.24. The molecule has 2 aromatic rings. The van der Waals surface area contributed by atoms with Crippen molar-refractivity contribution in [3.05, 3.63) is 23.3 Å². The number of anilines is 1. The van der Waals surface area contributed by atoms with Gasteiger partial charge in [-0.05, 0) is 31.7 Å². The van der Waals surface area contributed by atoms with E-state index < -0.39 is 44.4 Å². The summed E-state index contributed by atoms with van der Waals surface area (Å²) in [6.45, 7) is 3.68. The van der Waals surface area contributed by atoms with Crippen LogP contribution in [0.3, 0.4) is 0 Å². The smallest absolute Gasteiger partial charge is 0.327 e. The second-order valence-electron chi connectivity index (χ2n) is 8.41. The van der Waals surface area contributed by atoms with Gasteiger partial charge in [0.15, 0.2) is 18.4 Å². The maximum Gasteiger partial charge on any atom is 0.327 e. The summed E-state index contributed by atoms with van der Waals surface area (Å²) in [7, 11) is -2.45. The molecule has 37 heavy (non-hydrogen) atoms. The van der Waals surface area contributed by atoms with Crippen LogP contribution in [-0.2, 0) is 25.4 Å². The van der Waals surface area contributed by atoms with E-state index >= 15 is 4.39 Å². The van der Waals surface area contributed by atoms with Crippen LogP contribution in [0.1, 0.15) is 77.2 Å². The quantitative estimate of drug-likeness (QED) is 0.134. The van der Waals surface area contributed by atoms with Crippen LogP contribution in [0.2, 0.25) is 0 Å². The number of amides is 1. The summed E-state index contributed by atoms with van der Waals surface area (Å²) in [6.07, 6.45) is 4.41. The first-order valence-corrected chi connectivity index (χ1v) is 13.5. The minimum Gasteiger partial charge on any atom is -0.444 e. The van der Waals surface area contributed by atoms with Crippen molar-refractivity contribution >= 4 is 37.5 Å². The fraction of sp³-hybridized carbons (Fsp3) is 0.583. The van der Waals surface area contributed by atoms with Gasteiger partial charge in [-0.25, -0.2) is 18.7 Å². The number of unbranched alkanes of at least 4 members (excludes halogenated alkanes) is 4. The van der Waals surface area contributed by atoms with E-state index in [1.807, 2.05) is 13.8 Å². The number of imidazole rings is 1. The lowest BCUT2D eigenvalue weighted by Crippen LogP contribution is -2.36. The summed E-state index contributed by atoms with van der Waals surface area (Å²) >= 11 is 0. The predicted molar refractivity (Wildman–Crippen MR) is 133 cm³/mol. The van der Waals surface area contributed by atoms with E-state index in [0.717, 1.165) is 30.2 Å². The van der Waals surface area contributed by atoms with Gasteiger partial charge in [-0.3, -0.25) is 9.59 Å². The third-order valence-electron chi connectivity index (χ3n) is 5.62. The Hall–Kier alpha value is -2.71. The lowest BCUT2D eigenvalue weighted by Gasteiger charge is -2.23. The zero-order valence-electron chi connectivity index (χ0n) is 21.1. The largest absolute Gasteiger partial charge is 0.444 e. The van der Waals surface area contributed by atoms with Crippen molar-refractivity contribution in [2.24, 2.45) is 0 Å². The molecule has 0 saturated heterocycles. The highest BCUT2D eigenvalue weighted by atomic mass is 31.2. The van der Waals surface area contributed by atoms with Crippen molar-refractivity contribution in [1.29, 1.82) is 5.26 Å². The SMILES string of the molecule is CCCCCC(=O)N(COC(=O)CCCCOP(O)O)c1nc2c(F)cc(C#N)c(F)c2n1CCCC. The van der Waals surface area contributed by atoms with Gasteiger partial charge in [0.05, 0.1) is 12.2 Å². The minimum atomic E-state index is -2.45. The lowest BCUT2D eigenvalue weighted by molar-refractivity contribution is -0.144. The Labute approximate surface area is 215 Å². The molecular formula is C24H33F2N4O6P. The Morgan fingerprint density at radius 3 is 2.49 bits per heavy atom. The zero-order chi connectivity index (χ0) is 27.4. The van der Waals surface area contributed by atoms with Crippen LogP contribution in [0.25, 0.3) is 11.0 Å². The van der Waals surface area contributed by atoms with Crippen LogP contribution in [0.5, 0.6) is 0 Å². The van der Waals surface area contributed by atoms with Gasteiger partial charge in [-0.2, -0.15) is 5.26 Å². The summed E-state index contributed by atoms with van der Waals surface area (Å²) in [6, 6.07) is 2.41. The number of nitrogens with zero attached hydrogens (tertiary/aromatic N) is 4. The first-order chi connectivity index (χ1) is 17.7. The fourth-order valence-corrected chi connectivity index (χ4v) is 3.95. The first-order valence-electron chi connectivity index (χ1n) is 12.3. The van der Waals surface area contributed by atoms with Gasteiger partial charge in [0, 0.05) is 19.4 Å². The number of benzene rings is 1. The van der Waals surface area contributed by atoms with Crippen LogP contribution in [0.4, 0.5) is 14.7 Å². The molecule has 0 atom stereocenters. The van der Waals surface area contributed by atoms with Crippen molar-refractivity contribution in [2.45, 2.75) is 78.2 Å². The van der Waals surface area contributed by atoms with E-state index in [9.17, 15) is 19.2 Å². The van der Waals surface area contributed by atoms with Crippen molar-refractivity contribution in [2.75, 3.05) is 18.2 Å². The van der Waals surface area contributed by atoms with Gasteiger partial charge in [0.25, 0.3) is 0 Å². The van der Waals surface area contributed by atoms with Crippen LogP contribution in [0.15, 0.2) is 6.07 Å². The molecule has 0 spiro atoms. The van der Waals surface area contributed by atoms with E-state index in [2.05, 4.69) is 9.51 Å². The lowest BCUT2D eigenvalue weighted by atomic mass is 10.2. The fourth-order valence-electron chi connectivity index (χ4n) is 3.66. The van der Waals surface area contributed by atoms with Crippen LogP contribution < -0.4 is 4.90 Å². The van der Waals surface area contributed by atoms with Gasteiger partial charge in [0.2, 0.25) is 11.9 Å². The van der Waals surface area contributed by atoms with Crippen molar-refractivity contribution < 1.29 is 37.4 Å². The number of hydrogen-bond donors (Lipinski definition) is 2. The second-order valence-corrected chi connectivity index (χ2v) is 9.18. The maximum atomic E-state index is 15.2. The molecule has 2 N–H and O–H groups in total. The number of aromatic nitrogens is 2. The number of ether oxygens (including phenoxy) is 1. The van der Waals surface area contributed by atoms with Gasteiger partial charge >= 0.3 is 14.6 Å². The number of carbonyl (C=O) groups is 2. The molecule has 204 valence electrons. The molecule has 13 heteroatoms. The van der Waals surface area contributed by atoms with E-state index in [-0.39, 0.29) is 43.0 Å². The number of rotatable bonds is 16. The third kappa shape index (κ3) is 8.68. The number of halogens is 2. The summed E-state index contributed by atoms with van der Waals surface area (Å²) in [5.41, 5.74) is -1.00. The normalized spacial score (nSPS) is 11.2. The Balaban J connectivity index is 2.35. The third-order valence-corrected chi connectivity index (χ3v) is 6.03. The number of esters is 1. The number of carbonyl (C=O) groups excluding carboxylic acids is 2. The van der Waals surface area contributed by atoms with Gasteiger partial charge in [-0.15, -0.1) is 0 Å². The molecule has 0 aliphatic heterocycles. The number of hydrogen-bond acceptors (Lipinski definition) is 8. The second kappa shape index (κ2) is 15.5. The maximum absolute atomic E-state index is 15.2. The van der Waals surface area contributed by atoms with Crippen molar-refractivity contribution in [1.82, 2.24) is 9.55 Å². The van der Waals surface area contributed by atoms with Gasteiger partial charge in [-0.1, -0.05) is 33.1 Å². The van der Waals surface area contributed by atoms with Crippen LogP contribution in [0, 0.1) is 23.0 Å². The predicted octanol–water partition coefficient (Wildman–Crippen LogP) is 4.80. The number of fused-ring (bicyclic) bond motifs is 1. The van der Waals surface area contributed by atoms with E-state index in [1.165, 1.54) is 4.57 Å². The molecule has 0 radical (unpaired) electrons. The van der Waals surface area contributed by atoms with E-state index in [0.29, 0.717) is 25.7 Å². The molecule has 1 amide bonds. The summed E-state index contributed by atoms with van der Waals surface area (Å²) < 4.78 is 41.3. The molecule has 1 aromatic carbocycles. The Morgan fingerprint density at radius 2 is 1.84 bits per heavy atom. The molecule has 0 bridgehead atoms.